The van der Waals surface area contributed by atoms with Crippen LogP contribution in [0.15, 0.2) is 0 Å². The van der Waals surface area contributed by atoms with Crippen molar-refractivity contribution in [3.8, 4) is 0 Å². The van der Waals surface area contributed by atoms with E-state index < -0.39 is 0 Å². The number of carbonyl (C=O) groups is 4. The lowest BCUT2D eigenvalue weighted by Gasteiger charge is -2.30. The first-order valence-electron chi connectivity index (χ1n) is 8.69. The molecule has 0 aliphatic heterocycles. The molecule has 156 valence electrons. The van der Waals surface area contributed by atoms with Crippen LogP contribution in [0, 0.1) is 0 Å². The molecule has 0 heterocycles. The summed E-state index contributed by atoms with van der Waals surface area (Å²) in [6.45, 7) is 8.21. The van der Waals surface area contributed by atoms with Gasteiger partial charge in [-0.15, -0.1) is 0 Å². The van der Waals surface area contributed by atoms with Crippen molar-refractivity contribution in [3.05, 3.63) is 0 Å². The van der Waals surface area contributed by atoms with Crippen molar-refractivity contribution in [2.45, 2.75) is 27.7 Å². The van der Waals surface area contributed by atoms with Crippen LogP contribution in [0.2, 0.25) is 0 Å². The van der Waals surface area contributed by atoms with E-state index in [-0.39, 0.29) is 50.3 Å². The van der Waals surface area contributed by atoms with Gasteiger partial charge in [0.05, 0.1) is 6.67 Å². The SMILES string of the molecule is CC(=O)OCCN(CCOC(C)=O)CN(CCOC(C)=O)CCOC(C)=O. The van der Waals surface area contributed by atoms with Gasteiger partial charge in [-0.3, -0.25) is 29.0 Å². The predicted molar refractivity (Wildman–Crippen MR) is 94.5 cm³/mol. The van der Waals surface area contributed by atoms with Crippen LogP contribution in [-0.4, -0.2) is 93.0 Å². The van der Waals surface area contributed by atoms with Crippen LogP contribution in [0.1, 0.15) is 27.7 Å². The first-order chi connectivity index (χ1) is 12.7. The van der Waals surface area contributed by atoms with Crippen LogP contribution in [0.4, 0.5) is 0 Å². The van der Waals surface area contributed by atoms with E-state index in [9.17, 15) is 19.2 Å². The molecule has 27 heavy (non-hydrogen) atoms. The van der Waals surface area contributed by atoms with Gasteiger partial charge in [0, 0.05) is 53.9 Å². The minimum Gasteiger partial charge on any atom is -0.465 e. The summed E-state index contributed by atoms with van der Waals surface area (Å²) in [5.74, 6) is -1.51. The Morgan fingerprint density at radius 2 is 0.741 bits per heavy atom. The molecule has 0 aromatic carbocycles. The fourth-order valence-corrected chi connectivity index (χ4v) is 2.06. The number of carbonyl (C=O) groups excluding carboxylic acids is 4. The van der Waals surface area contributed by atoms with Gasteiger partial charge in [0.2, 0.25) is 0 Å². The molecule has 0 aliphatic carbocycles. The average Bonchev–Trinajstić information content (AvgIpc) is 2.52. The molecule has 0 aliphatic rings. The summed E-state index contributed by atoms with van der Waals surface area (Å²) >= 11 is 0. The van der Waals surface area contributed by atoms with Gasteiger partial charge in [-0.1, -0.05) is 0 Å². The summed E-state index contributed by atoms with van der Waals surface area (Å²) in [6.07, 6.45) is 0. The molecule has 0 spiro atoms. The molecule has 0 aromatic rings. The molecule has 10 nitrogen and oxygen atoms in total. The fourth-order valence-electron chi connectivity index (χ4n) is 2.06. The van der Waals surface area contributed by atoms with Gasteiger partial charge < -0.3 is 18.9 Å². The molecule has 0 unspecified atom stereocenters. The summed E-state index contributed by atoms with van der Waals surface area (Å²) in [6, 6.07) is 0. The van der Waals surface area contributed by atoms with Crippen LogP contribution >= 0.6 is 0 Å². The molecular weight excluding hydrogens is 360 g/mol. The van der Waals surface area contributed by atoms with Crippen molar-refractivity contribution in [1.29, 1.82) is 0 Å². The molecule has 0 radical (unpaired) electrons. The second-order valence-corrected chi connectivity index (χ2v) is 5.74. The van der Waals surface area contributed by atoms with E-state index in [0.717, 1.165) is 0 Å². The molecule has 0 saturated carbocycles. The minimum absolute atomic E-state index is 0.192. The third-order valence-corrected chi connectivity index (χ3v) is 3.25. The number of rotatable bonds is 14. The predicted octanol–water partition coefficient (Wildman–Crippen LogP) is -0.200. The fraction of sp³-hybridized carbons (Fsp3) is 0.765. The van der Waals surface area contributed by atoms with E-state index in [0.29, 0.717) is 32.8 Å². The molecule has 10 heteroatoms. The maximum absolute atomic E-state index is 10.9. The zero-order valence-electron chi connectivity index (χ0n) is 16.5. The van der Waals surface area contributed by atoms with Gasteiger partial charge in [0.1, 0.15) is 26.4 Å². The van der Waals surface area contributed by atoms with Gasteiger partial charge in [-0.2, -0.15) is 0 Å². The first-order valence-corrected chi connectivity index (χ1v) is 8.69. The van der Waals surface area contributed by atoms with Crippen LogP contribution in [-0.2, 0) is 38.1 Å². The van der Waals surface area contributed by atoms with E-state index in [1.54, 1.807) is 0 Å². The summed E-state index contributed by atoms with van der Waals surface area (Å²) < 4.78 is 19.8. The molecular formula is C17H30N2O8. The van der Waals surface area contributed by atoms with Crippen LogP contribution in [0.25, 0.3) is 0 Å². The highest BCUT2D eigenvalue weighted by Crippen LogP contribution is 1.98. The number of nitrogens with zero attached hydrogens (tertiary/aromatic N) is 2. The van der Waals surface area contributed by atoms with Crippen molar-refractivity contribution >= 4 is 23.9 Å². The zero-order valence-corrected chi connectivity index (χ0v) is 16.5. The van der Waals surface area contributed by atoms with E-state index in [4.69, 9.17) is 18.9 Å². The third kappa shape index (κ3) is 17.0. The Kier molecular flexibility index (Phi) is 13.7. The van der Waals surface area contributed by atoms with Gasteiger partial charge >= 0.3 is 23.9 Å². The number of hydrogen-bond acceptors (Lipinski definition) is 10. The van der Waals surface area contributed by atoms with Crippen molar-refractivity contribution in [1.82, 2.24) is 9.80 Å². The monoisotopic (exact) mass is 390 g/mol. The molecule has 0 rings (SSSR count). The summed E-state index contributed by atoms with van der Waals surface area (Å²) in [4.78, 5) is 47.6. The Balaban J connectivity index is 4.69. The Labute approximate surface area is 159 Å². The smallest absolute Gasteiger partial charge is 0.302 e. The van der Waals surface area contributed by atoms with E-state index in [1.165, 1.54) is 27.7 Å². The van der Waals surface area contributed by atoms with Gasteiger partial charge in [-0.25, -0.2) is 0 Å². The molecule has 0 saturated heterocycles. The second kappa shape index (κ2) is 14.9. The maximum Gasteiger partial charge on any atom is 0.302 e. The Hall–Kier alpha value is -2.20. The summed E-state index contributed by atoms with van der Waals surface area (Å²) in [5, 5.41) is 0. The lowest BCUT2D eigenvalue weighted by molar-refractivity contribution is -0.142. The number of esters is 4. The normalized spacial score (nSPS) is 10.6. The van der Waals surface area contributed by atoms with Crippen molar-refractivity contribution in [3.63, 3.8) is 0 Å². The van der Waals surface area contributed by atoms with E-state index >= 15 is 0 Å². The van der Waals surface area contributed by atoms with Gasteiger partial charge in [0.25, 0.3) is 0 Å². The second-order valence-electron chi connectivity index (χ2n) is 5.74. The highest BCUT2D eigenvalue weighted by molar-refractivity contribution is 5.66. The Bertz CT molecular complexity index is 402. The molecule has 0 bridgehead atoms. The number of hydrogen-bond donors (Lipinski definition) is 0. The number of ether oxygens (including phenoxy) is 4. The third-order valence-electron chi connectivity index (χ3n) is 3.25. The van der Waals surface area contributed by atoms with Crippen LogP contribution in [0.5, 0.6) is 0 Å². The maximum atomic E-state index is 10.9. The van der Waals surface area contributed by atoms with Crippen molar-refractivity contribution < 1.29 is 38.1 Å². The lowest BCUT2D eigenvalue weighted by Crippen LogP contribution is -2.44. The van der Waals surface area contributed by atoms with Crippen LogP contribution in [0.3, 0.4) is 0 Å². The van der Waals surface area contributed by atoms with E-state index in [1.807, 2.05) is 9.80 Å². The van der Waals surface area contributed by atoms with Crippen molar-refractivity contribution in [2.75, 3.05) is 59.3 Å². The molecule has 0 amide bonds. The Morgan fingerprint density at radius 1 is 0.519 bits per heavy atom. The average molecular weight is 390 g/mol. The standard InChI is InChI=1S/C17H30N2O8/c1-14(20)24-9-5-18(6-10-25-15(2)21)13-19(7-11-26-16(3)22)8-12-27-17(4)23/h5-13H2,1-4H3. The summed E-state index contributed by atoms with van der Waals surface area (Å²) in [7, 11) is 0. The zero-order chi connectivity index (χ0) is 20.7. The first kappa shape index (κ1) is 24.8. The molecule has 0 atom stereocenters. The van der Waals surface area contributed by atoms with Crippen molar-refractivity contribution in [2.24, 2.45) is 0 Å². The highest BCUT2D eigenvalue weighted by atomic mass is 16.5. The van der Waals surface area contributed by atoms with Gasteiger partial charge in [-0.05, 0) is 0 Å². The van der Waals surface area contributed by atoms with Gasteiger partial charge in [0.15, 0.2) is 0 Å². The molecule has 0 N–H and O–H groups in total. The minimum atomic E-state index is -0.378. The molecule has 0 fully saturated rings. The molecule has 0 aromatic heterocycles. The van der Waals surface area contributed by atoms with Crippen LogP contribution < -0.4 is 0 Å². The van der Waals surface area contributed by atoms with E-state index in [2.05, 4.69) is 0 Å². The quantitative estimate of drug-likeness (QED) is 0.224. The topological polar surface area (TPSA) is 112 Å². The lowest BCUT2D eigenvalue weighted by atomic mass is 10.4. The largest absolute Gasteiger partial charge is 0.465 e. The Morgan fingerprint density at radius 3 is 0.926 bits per heavy atom. The highest BCUT2D eigenvalue weighted by Gasteiger charge is 2.14. The summed E-state index contributed by atoms with van der Waals surface area (Å²) in [5.41, 5.74) is 0.